The molecule has 1 saturated heterocycles. The number of piperidine rings is 1. The molecule has 94 valence electrons. The first-order valence-electron chi connectivity index (χ1n) is 6.36. The van der Waals surface area contributed by atoms with Crippen LogP contribution in [0.3, 0.4) is 0 Å². The molecule has 1 aromatic carbocycles. The van der Waals surface area contributed by atoms with Gasteiger partial charge in [-0.25, -0.2) is 0 Å². The first kappa shape index (κ1) is 12.2. The van der Waals surface area contributed by atoms with Gasteiger partial charge < -0.3 is 15.5 Å². The number of nitrogens with two attached hydrogens (primary N) is 1. The van der Waals surface area contributed by atoms with Crippen LogP contribution in [0.1, 0.15) is 13.3 Å². The maximum Gasteiger partial charge on any atom is 0.0367 e. The third kappa shape index (κ3) is 2.72. The van der Waals surface area contributed by atoms with Crippen molar-refractivity contribution < 1.29 is 0 Å². The van der Waals surface area contributed by atoms with Gasteiger partial charge in [-0.05, 0) is 36.6 Å². The first-order valence-corrected chi connectivity index (χ1v) is 6.36. The number of rotatable bonds is 2. The molecule has 3 heteroatoms. The van der Waals surface area contributed by atoms with E-state index in [0.29, 0.717) is 12.0 Å². The molecule has 0 saturated carbocycles. The molecule has 0 aromatic heterocycles. The fourth-order valence-corrected chi connectivity index (χ4v) is 2.36. The largest absolute Gasteiger partial charge is 0.378 e. The van der Waals surface area contributed by atoms with Crippen LogP contribution in [0.2, 0.25) is 0 Å². The van der Waals surface area contributed by atoms with E-state index in [1.165, 1.54) is 11.4 Å². The van der Waals surface area contributed by atoms with E-state index in [0.717, 1.165) is 19.5 Å². The highest BCUT2D eigenvalue weighted by Crippen LogP contribution is 2.24. The van der Waals surface area contributed by atoms with Gasteiger partial charge in [0.2, 0.25) is 0 Å². The molecule has 2 N–H and O–H groups in total. The topological polar surface area (TPSA) is 32.5 Å². The number of benzene rings is 1. The van der Waals surface area contributed by atoms with Crippen LogP contribution >= 0.6 is 0 Å². The van der Waals surface area contributed by atoms with Gasteiger partial charge in [-0.15, -0.1) is 0 Å². The molecule has 1 aliphatic heterocycles. The normalized spacial score (nSPS) is 24.8. The van der Waals surface area contributed by atoms with Crippen molar-refractivity contribution in [2.75, 3.05) is 37.0 Å². The van der Waals surface area contributed by atoms with Crippen molar-refractivity contribution in [3.63, 3.8) is 0 Å². The SMILES string of the molecule is CC1CN(c2ccc(N(C)C)cc2)CCC1N. The van der Waals surface area contributed by atoms with Crippen molar-refractivity contribution in [1.29, 1.82) is 0 Å². The molecule has 0 spiro atoms. The fraction of sp³-hybridized carbons (Fsp3) is 0.571. The van der Waals surface area contributed by atoms with E-state index in [4.69, 9.17) is 5.73 Å². The van der Waals surface area contributed by atoms with Crippen molar-refractivity contribution in [1.82, 2.24) is 0 Å². The second-order valence-electron chi connectivity index (χ2n) is 5.29. The third-order valence-corrected chi connectivity index (χ3v) is 3.70. The Kier molecular flexibility index (Phi) is 3.57. The Labute approximate surface area is 104 Å². The van der Waals surface area contributed by atoms with Gasteiger partial charge in [-0.2, -0.15) is 0 Å². The predicted molar refractivity (Wildman–Crippen MR) is 74.7 cm³/mol. The lowest BCUT2D eigenvalue weighted by atomic mass is 9.94. The maximum atomic E-state index is 6.05. The van der Waals surface area contributed by atoms with Gasteiger partial charge >= 0.3 is 0 Å². The highest BCUT2D eigenvalue weighted by Gasteiger charge is 2.23. The van der Waals surface area contributed by atoms with Gasteiger partial charge in [0.25, 0.3) is 0 Å². The van der Waals surface area contributed by atoms with Gasteiger partial charge in [0.1, 0.15) is 0 Å². The molecule has 1 aliphatic rings. The first-order chi connectivity index (χ1) is 8.08. The Morgan fingerprint density at radius 1 is 1.24 bits per heavy atom. The quantitative estimate of drug-likeness (QED) is 0.847. The third-order valence-electron chi connectivity index (χ3n) is 3.70. The molecular formula is C14H23N3. The molecule has 0 bridgehead atoms. The zero-order valence-electron chi connectivity index (χ0n) is 11.1. The van der Waals surface area contributed by atoms with E-state index in [2.05, 4.69) is 55.1 Å². The van der Waals surface area contributed by atoms with E-state index in [9.17, 15) is 0 Å². The van der Waals surface area contributed by atoms with Crippen molar-refractivity contribution in [2.24, 2.45) is 11.7 Å². The summed E-state index contributed by atoms with van der Waals surface area (Å²) >= 11 is 0. The average Bonchev–Trinajstić information content (AvgIpc) is 2.33. The van der Waals surface area contributed by atoms with E-state index >= 15 is 0 Å². The molecule has 2 rings (SSSR count). The van der Waals surface area contributed by atoms with Crippen LogP contribution in [0.25, 0.3) is 0 Å². The van der Waals surface area contributed by atoms with E-state index in [1.54, 1.807) is 0 Å². The van der Waals surface area contributed by atoms with Crippen molar-refractivity contribution in [2.45, 2.75) is 19.4 Å². The molecule has 0 radical (unpaired) electrons. The van der Waals surface area contributed by atoms with Crippen LogP contribution < -0.4 is 15.5 Å². The Hall–Kier alpha value is -1.22. The summed E-state index contributed by atoms with van der Waals surface area (Å²) < 4.78 is 0. The van der Waals surface area contributed by atoms with E-state index in [1.807, 2.05) is 0 Å². The summed E-state index contributed by atoms with van der Waals surface area (Å²) in [5.74, 6) is 0.581. The zero-order chi connectivity index (χ0) is 12.4. The summed E-state index contributed by atoms with van der Waals surface area (Å²) in [5, 5.41) is 0. The molecule has 1 aromatic rings. The number of hydrogen-bond acceptors (Lipinski definition) is 3. The van der Waals surface area contributed by atoms with Gasteiger partial charge in [0, 0.05) is 44.6 Å². The molecular weight excluding hydrogens is 210 g/mol. The fourth-order valence-electron chi connectivity index (χ4n) is 2.36. The molecule has 1 heterocycles. The summed E-state index contributed by atoms with van der Waals surface area (Å²) in [4.78, 5) is 4.56. The number of anilines is 2. The Balaban J connectivity index is 2.07. The summed E-state index contributed by atoms with van der Waals surface area (Å²) in [6.07, 6.45) is 1.09. The summed E-state index contributed by atoms with van der Waals surface area (Å²) in [5.41, 5.74) is 8.61. The van der Waals surface area contributed by atoms with Crippen LogP contribution in [-0.2, 0) is 0 Å². The maximum absolute atomic E-state index is 6.05. The monoisotopic (exact) mass is 233 g/mol. The number of nitrogens with zero attached hydrogens (tertiary/aromatic N) is 2. The van der Waals surface area contributed by atoms with Gasteiger partial charge in [0.15, 0.2) is 0 Å². The minimum Gasteiger partial charge on any atom is -0.378 e. The summed E-state index contributed by atoms with van der Waals surface area (Å²) in [6, 6.07) is 9.13. The van der Waals surface area contributed by atoms with Crippen molar-refractivity contribution in [3.05, 3.63) is 24.3 Å². The second kappa shape index (κ2) is 4.96. The van der Waals surface area contributed by atoms with Gasteiger partial charge in [-0.1, -0.05) is 6.92 Å². The minimum absolute atomic E-state index is 0.368. The van der Waals surface area contributed by atoms with Crippen molar-refractivity contribution >= 4 is 11.4 Å². The standard InChI is InChI=1S/C14H23N3/c1-11-10-17(9-8-14(11)15)13-6-4-12(5-7-13)16(2)3/h4-7,11,14H,8-10,15H2,1-3H3. The Morgan fingerprint density at radius 3 is 2.41 bits per heavy atom. The van der Waals surface area contributed by atoms with Gasteiger partial charge in [-0.3, -0.25) is 0 Å². The Morgan fingerprint density at radius 2 is 1.88 bits per heavy atom. The average molecular weight is 233 g/mol. The molecule has 3 nitrogen and oxygen atoms in total. The van der Waals surface area contributed by atoms with Crippen LogP contribution in [-0.4, -0.2) is 33.2 Å². The van der Waals surface area contributed by atoms with Crippen molar-refractivity contribution in [3.8, 4) is 0 Å². The predicted octanol–water partition coefficient (Wildman–Crippen LogP) is 1.93. The molecule has 17 heavy (non-hydrogen) atoms. The van der Waals surface area contributed by atoms with Crippen LogP contribution in [0.4, 0.5) is 11.4 Å². The molecule has 0 amide bonds. The number of hydrogen-bond donors (Lipinski definition) is 1. The lowest BCUT2D eigenvalue weighted by Gasteiger charge is -2.36. The highest BCUT2D eigenvalue weighted by atomic mass is 15.1. The van der Waals surface area contributed by atoms with Crippen LogP contribution in [0, 0.1) is 5.92 Å². The van der Waals surface area contributed by atoms with E-state index < -0.39 is 0 Å². The summed E-state index contributed by atoms with van der Waals surface area (Å²) in [6.45, 7) is 4.39. The molecule has 2 unspecified atom stereocenters. The smallest absolute Gasteiger partial charge is 0.0367 e. The lowest BCUT2D eigenvalue weighted by molar-refractivity contribution is 0.383. The van der Waals surface area contributed by atoms with Gasteiger partial charge in [0.05, 0.1) is 0 Å². The lowest BCUT2D eigenvalue weighted by Crippen LogP contribution is -2.45. The second-order valence-corrected chi connectivity index (χ2v) is 5.29. The Bertz CT molecular complexity index is 358. The minimum atomic E-state index is 0.368. The highest BCUT2D eigenvalue weighted by molar-refractivity contribution is 5.56. The zero-order valence-corrected chi connectivity index (χ0v) is 11.1. The molecule has 1 fully saturated rings. The summed E-state index contributed by atoms with van der Waals surface area (Å²) in [7, 11) is 4.13. The van der Waals surface area contributed by atoms with E-state index in [-0.39, 0.29) is 0 Å². The molecule has 2 atom stereocenters. The van der Waals surface area contributed by atoms with Crippen LogP contribution in [0.15, 0.2) is 24.3 Å². The van der Waals surface area contributed by atoms with Crippen LogP contribution in [0.5, 0.6) is 0 Å². The molecule has 0 aliphatic carbocycles.